The molecule has 1 aromatic heterocycles. The van der Waals surface area contributed by atoms with Crippen molar-refractivity contribution in [3.8, 4) is 0 Å². The topological polar surface area (TPSA) is 85.1 Å². The Morgan fingerprint density at radius 3 is 2.60 bits per heavy atom. The van der Waals surface area contributed by atoms with Crippen molar-refractivity contribution in [3.63, 3.8) is 0 Å². The Balaban J connectivity index is 2.21. The first-order valence-corrected chi connectivity index (χ1v) is 9.12. The standard InChI is InChI=1S/C12H14BrN3O2S2/c1-2-20(17,18)10-11(14)16-19-12(10)15-7-8-3-5-9(13)6-4-8/h3-6,15H,2,7H2,1H3,(H2,14,16). The molecule has 0 atom stereocenters. The quantitative estimate of drug-likeness (QED) is 0.838. The van der Waals surface area contributed by atoms with E-state index in [-0.39, 0.29) is 16.5 Å². The van der Waals surface area contributed by atoms with Crippen LogP contribution in [-0.2, 0) is 16.4 Å². The lowest BCUT2D eigenvalue weighted by atomic mass is 10.2. The van der Waals surface area contributed by atoms with Gasteiger partial charge in [0.2, 0.25) is 0 Å². The third-order valence-corrected chi connectivity index (χ3v) is 6.00. The predicted octanol–water partition coefficient (Wildman–Crippen LogP) is 2.89. The van der Waals surface area contributed by atoms with E-state index in [1.54, 1.807) is 6.92 Å². The van der Waals surface area contributed by atoms with Gasteiger partial charge in [-0.25, -0.2) is 8.42 Å². The summed E-state index contributed by atoms with van der Waals surface area (Å²) in [6.07, 6.45) is 0. The van der Waals surface area contributed by atoms with Gasteiger partial charge in [-0.1, -0.05) is 35.0 Å². The van der Waals surface area contributed by atoms with Crippen LogP contribution < -0.4 is 11.1 Å². The van der Waals surface area contributed by atoms with E-state index in [0.29, 0.717) is 11.5 Å². The molecule has 2 aromatic rings. The van der Waals surface area contributed by atoms with Gasteiger partial charge >= 0.3 is 0 Å². The van der Waals surface area contributed by atoms with Gasteiger partial charge in [-0.05, 0) is 29.2 Å². The van der Waals surface area contributed by atoms with Crippen molar-refractivity contribution >= 4 is 48.1 Å². The van der Waals surface area contributed by atoms with Crippen LogP contribution in [0.25, 0.3) is 0 Å². The average Bonchev–Trinajstić information content (AvgIpc) is 2.80. The monoisotopic (exact) mass is 375 g/mol. The number of hydrogen-bond donors (Lipinski definition) is 2. The number of nitrogens with two attached hydrogens (primary N) is 1. The lowest BCUT2D eigenvalue weighted by Gasteiger charge is -2.07. The molecule has 8 heteroatoms. The van der Waals surface area contributed by atoms with E-state index < -0.39 is 9.84 Å². The summed E-state index contributed by atoms with van der Waals surface area (Å²) in [7, 11) is -3.37. The minimum absolute atomic E-state index is 0.00256. The number of halogens is 1. The van der Waals surface area contributed by atoms with Crippen molar-refractivity contribution in [2.24, 2.45) is 0 Å². The van der Waals surface area contributed by atoms with Gasteiger partial charge < -0.3 is 11.1 Å². The van der Waals surface area contributed by atoms with Gasteiger partial charge in [0, 0.05) is 11.0 Å². The fourth-order valence-corrected chi connectivity index (χ4v) is 4.06. The van der Waals surface area contributed by atoms with Gasteiger partial charge in [-0.2, -0.15) is 4.37 Å². The molecule has 0 saturated carbocycles. The minimum Gasteiger partial charge on any atom is -0.382 e. The summed E-state index contributed by atoms with van der Waals surface area (Å²) >= 11 is 4.43. The second kappa shape index (κ2) is 6.11. The highest BCUT2D eigenvalue weighted by Gasteiger charge is 2.23. The Hall–Kier alpha value is -1.12. The summed E-state index contributed by atoms with van der Waals surface area (Å²) in [6, 6.07) is 7.77. The number of benzene rings is 1. The van der Waals surface area contributed by atoms with E-state index >= 15 is 0 Å². The number of aromatic nitrogens is 1. The smallest absolute Gasteiger partial charge is 0.184 e. The lowest BCUT2D eigenvalue weighted by molar-refractivity contribution is 0.598. The molecule has 2 rings (SSSR count). The largest absolute Gasteiger partial charge is 0.382 e. The highest BCUT2D eigenvalue weighted by atomic mass is 79.9. The van der Waals surface area contributed by atoms with Gasteiger partial charge in [0.25, 0.3) is 0 Å². The van der Waals surface area contributed by atoms with Crippen LogP contribution in [0.15, 0.2) is 33.6 Å². The number of hydrogen-bond acceptors (Lipinski definition) is 6. The van der Waals surface area contributed by atoms with Crippen LogP contribution in [0.3, 0.4) is 0 Å². The number of nitrogen functional groups attached to an aromatic ring is 1. The summed E-state index contributed by atoms with van der Waals surface area (Å²) in [4.78, 5) is 0.113. The first kappa shape index (κ1) is 15.3. The van der Waals surface area contributed by atoms with Crippen molar-refractivity contribution < 1.29 is 8.42 Å². The SMILES string of the molecule is CCS(=O)(=O)c1c(N)nsc1NCc1ccc(Br)cc1. The molecule has 0 aliphatic carbocycles. The summed E-state index contributed by atoms with van der Waals surface area (Å²) in [5.41, 5.74) is 6.71. The zero-order valence-electron chi connectivity index (χ0n) is 10.8. The molecule has 0 aliphatic heterocycles. The summed E-state index contributed by atoms with van der Waals surface area (Å²) in [6.45, 7) is 2.10. The summed E-state index contributed by atoms with van der Waals surface area (Å²) in [5.74, 6) is 0.0675. The molecule has 1 heterocycles. The Morgan fingerprint density at radius 2 is 2.00 bits per heavy atom. The van der Waals surface area contributed by atoms with Gasteiger partial charge in [-0.15, -0.1) is 0 Å². The van der Waals surface area contributed by atoms with Gasteiger partial charge in [0.15, 0.2) is 15.7 Å². The zero-order chi connectivity index (χ0) is 14.8. The first-order valence-electron chi connectivity index (χ1n) is 5.90. The molecule has 5 nitrogen and oxygen atoms in total. The average molecular weight is 376 g/mol. The Kier molecular flexibility index (Phi) is 4.66. The van der Waals surface area contributed by atoms with Crippen LogP contribution >= 0.6 is 27.5 Å². The molecule has 0 spiro atoms. The number of rotatable bonds is 5. The van der Waals surface area contributed by atoms with Crippen molar-refractivity contribution in [2.45, 2.75) is 18.4 Å². The van der Waals surface area contributed by atoms with Crippen molar-refractivity contribution in [3.05, 3.63) is 34.3 Å². The molecule has 0 aliphatic rings. The molecular formula is C12H14BrN3O2S2. The number of sulfone groups is 1. The predicted molar refractivity (Wildman–Crippen MR) is 85.7 cm³/mol. The third kappa shape index (κ3) is 3.31. The highest BCUT2D eigenvalue weighted by molar-refractivity contribution is 9.10. The fraction of sp³-hybridized carbons (Fsp3) is 0.250. The maximum absolute atomic E-state index is 12.0. The molecule has 0 bridgehead atoms. The Labute approximate surface area is 130 Å². The van der Waals surface area contributed by atoms with Gasteiger partial charge in [0.05, 0.1) is 5.75 Å². The fourth-order valence-electron chi connectivity index (χ4n) is 1.64. The maximum atomic E-state index is 12.0. The van der Waals surface area contributed by atoms with Crippen LogP contribution in [-0.4, -0.2) is 18.5 Å². The molecule has 0 saturated heterocycles. The summed E-state index contributed by atoms with van der Waals surface area (Å²) in [5, 5.41) is 3.58. The second-order valence-electron chi connectivity index (χ2n) is 4.11. The van der Waals surface area contributed by atoms with Crippen molar-refractivity contribution in [2.75, 3.05) is 16.8 Å². The van der Waals surface area contributed by atoms with Crippen LogP contribution in [0, 0.1) is 0 Å². The molecular weight excluding hydrogens is 362 g/mol. The minimum atomic E-state index is -3.37. The molecule has 0 unspecified atom stereocenters. The van der Waals surface area contributed by atoms with E-state index in [2.05, 4.69) is 25.6 Å². The van der Waals surface area contributed by atoms with Crippen LogP contribution in [0.1, 0.15) is 12.5 Å². The maximum Gasteiger partial charge on any atom is 0.184 e. The Bertz CT molecular complexity index is 696. The van der Waals surface area contributed by atoms with Crippen LogP contribution in [0.4, 0.5) is 10.8 Å². The number of nitrogens with zero attached hydrogens (tertiary/aromatic N) is 1. The van der Waals surface area contributed by atoms with E-state index in [4.69, 9.17) is 5.73 Å². The van der Waals surface area contributed by atoms with E-state index in [1.807, 2.05) is 24.3 Å². The summed E-state index contributed by atoms with van der Waals surface area (Å²) < 4.78 is 28.9. The van der Waals surface area contributed by atoms with Gasteiger partial charge in [-0.3, -0.25) is 0 Å². The molecule has 0 amide bonds. The first-order chi connectivity index (χ1) is 9.44. The highest BCUT2D eigenvalue weighted by Crippen LogP contribution is 2.32. The third-order valence-electron chi connectivity index (χ3n) is 2.73. The van der Waals surface area contributed by atoms with E-state index in [1.165, 1.54) is 0 Å². The molecule has 3 N–H and O–H groups in total. The Morgan fingerprint density at radius 1 is 1.35 bits per heavy atom. The van der Waals surface area contributed by atoms with Crippen LogP contribution in [0.5, 0.6) is 0 Å². The van der Waals surface area contributed by atoms with Crippen LogP contribution in [0.2, 0.25) is 0 Å². The normalized spacial score (nSPS) is 11.5. The second-order valence-corrected chi connectivity index (χ2v) is 8.01. The number of anilines is 2. The van der Waals surface area contributed by atoms with Crippen molar-refractivity contribution in [1.82, 2.24) is 4.37 Å². The molecule has 20 heavy (non-hydrogen) atoms. The zero-order valence-corrected chi connectivity index (χ0v) is 14.0. The van der Waals surface area contributed by atoms with E-state index in [9.17, 15) is 8.42 Å². The molecule has 108 valence electrons. The molecule has 0 fully saturated rings. The molecule has 1 aromatic carbocycles. The molecule has 0 radical (unpaired) electrons. The van der Waals surface area contributed by atoms with Gasteiger partial charge in [0.1, 0.15) is 9.90 Å². The van der Waals surface area contributed by atoms with E-state index in [0.717, 1.165) is 21.6 Å². The lowest BCUT2D eigenvalue weighted by Crippen LogP contribution is -2.09. The van der Waals surface area contributed by atoms with Crippen molar-refractivity contribution in [1.29, 1.82) is 0 Å². The number of nitrogens with one attached hydrogen (secondary N) is 1.